The van der Waals surface area contributed by atoms with E-state index in [1.54, 1.807) is 0 Å². The summed E-state index contributed by atoms with van der Waals surface area (Å²) >= 11 is 1.85. The Morgan fingerprint density at radius 1 is 1.09 bits per heavy atom. The Morgan fingerprint density at radius 3 is 2.55 bits per heavy atom. The highest BCUT2D eigenvalue weighted by atomic mass is 32.1. The third kappa shape index (κ3) is 3.83. The highest BCUT2D eigenvalue weighted by Gasteiger charge is 2.29. The van der Waals surface area contributed by atoms with Gasteiger partial charge in [-0.2, -0.15) is 0 Å². The van der Waals surface area contributed by atoms with E-state index in [1.807, 2.05) is 11.3 Å². The van der Waals surface area contributed by atoms with Gasteiger partial charge in [0.05, 0.1) is 6.04 Å². The summed E-state index contributed by atoms with van der Waals surface area (Å²) < 4.78 is 0. The van der Waals surface area contributed by atoms with Gasteiger partial charge >= 0.3 is 6.03 Å². The van der Waals surface area contributed by atoms with E-state index < -0.39 is 0 Å². The summed E-state index contributed by atoms with van der Waals surface area (Å²) in [6.45, 7) is 3.05. The molecule has 4 heteroatoms. The van der Waals surface area contributed by atoms with Crippen LogP contribution in [0.1, 0.15) is 73.6 Å². The van der Waals surface area contributed by atoms with Gasteiger partial charge in [-0.3, -0.25) is 0 Å². The molecule has 0 aromatic carbocycles. The molecule has 0 spiro atoms. The van der Waals surface area contributed by atoms with Crippen molar-refractivity contribution >= 4 is 17.4 Å². The van der Waals surface area contributed by atoms with Crippen molar-refractivity contribution in [1.82, 2.24) is 10.2 Å². The molecule has 0 unspecified atom stereocenters. The summed E-state index contributed by atoms with van der Waals surface area (Å²) in [7, 11) is 0. The molecule has 2 fully saturated rings. The normalized spacial score (nSPS) is 24.0. The average Bonchev–Trinajstić information content (AvgIpc) is 2.81. The minimum absolute atomic E-state index is 0.171. The lowest BCUT2D eigenvalue weighted by Crippen LogP contribution is -2.46. The smallest absolute Gasteiger partial charge is 0.318 e. The molecule has 22 heavy (non-hydrogen) atoms. The maximum Gasteiger partial charge on any atom is 0.318 e. The van der Waals surface area contributed by atoms with Gasteiger partial charge in [0, 0.05) is 22.3 Å². The van der Waals surface area contributed by atoms with Crippen LogP contribution in [-0.2, 0) is 0 Å². The third-order valence-corrected chi connectivity index (χ3v) is 6.14. The third-order valence-electron chi connectivity index (χ3n) is 5.04. The number of carbonyl (C=O) groups is 1. The van der Waals surface area contributed by atoms with E-state index in [9.17, 15) is 4.79 Å². The molecular weight excluding hydrogens is 292 g/mol. The zero-order valence-corrected chi connectivity index (χ0v) is 14.5. The molecule has 1 atom stereocenters. The molecule has 1 saturated carbocycles. The first-order chi connectivity index (χ1) is 10.7. The summed E-state index contributed by atoms with van der Waals surface area (Å²) in [5.41, 5.74) is 0. The minimum atomic E-state index is 0.171. The Balaban J connectivity index is 1.70. The van der Waals surface area contributed by atoms with Crippen molar-refractivity contribution in [3.05, 3.63) is 21.9 Å². The molecule has 0 bridgehead atoms. The van der Waals surface area contributed by atoms with Gasteiger partial charge in [-0.05, 0) is 44.7 Å². The van der Waals surface area contributed by atoms with Gasteiger partial charge in [-0.25, -0.2) is 4.79 Å². The van der Waals surface area contributed by atoms with E-state index in [-0.39, 0.29) is 12.1 Å². The first kappa shape index (κ1) is 15.9. The van der Waals surface area contributed by atoms with Crippen LogP contribution in [0.25, 0.3) is 0 Å². The maximum atomic E-state index is 12.8. The van der Waals surface area contributed by atoms with Gasteiger partial charge in [0.15, 0.2) is 0 Å². The molecule has 0 radical (unpaired) electrons. The summed E-state index contributed by atoms with van der Waals surface area (Å²) in [5, 5.41) is 3.31. The lowest BCUT2D eigenvalue weighted by Gasteiger charge is -2.32. The Hall–Kier alpha value is -1.03. The molecule has 2 aliphatic rings. The van der Waals surface area contributed by atoms with Crippen LogP contribution in [-0.4, -0.2) is 23.5 Å². The van der Waals surface area contributed by atoms with Crippen molar-refractivity contribution in [2.24, 2.45) is 0 Å². The van der Waals surface area contributed by atoms with Gasteiger partial charge in [0.2, 0.25) is 0 Å². The van der Waals surface area contributed by atoms with Crippen LogP contribution in [0.3, 0.4) is 0 Å². The maximum absolute atomic E-state index is 12.8. The number of hydrogen-bond donors (Lipinski definition) is 1. The topological polar surface area (TPSA) is 32.3 Å². The lowest BCUT2D eigenvalue weighted by atomic mass is 9.96. The van der Waals surface area contributed by atoms with Crippen LogP contribution in [0.5, 0.6) is 0 Å². The van der Waals surface area contributed by atoms with Crippen LogP contribution in [0.2, 0.25) is 0 Å². The van der Waals surface area contributed by atoms with E-state index >= 15 is 0 Å². The molecule has 1 N–H and O–H groups in total. The molecule has 3 rings (SSSR count). The molecule has 2 amide bonds. The number of nitrogens with zero attached hydrogens (tertiary/aromatic N) is 1. The van der Waals surface area contributed by atoms with E-state index in [0.717, 1.165) is 32.2 Å². The van der Waals surface area contributed by atoms with Crippen molar-refractivity contribution in [2.75, 3.05) is 6.54 Å². The van der Waals surface area contributed by atoms with Crippen molar-refractivity contribution in [3.63, 3.8) is 0 Å². The van der Waals surface area contributed by atoms with Crippen LogP contribution >= 0.6 is 11.3 Å². The SMILES string of the molecule is Cc1ccc([C@@H]2CCCCCN2C(=O)NC2CCCCC2)s1. The first-order valence-corrected chi connectivity index (χ1v) is 9.69. The average molecular weight is 321 g/mol. The standard InChI is InChI=1S/C18H28N2OS/c1-14-11-12-17(22-14)16-10-6-3-7-13-20(16)18(21)19-15-8-4-2-5-9-15/h11-12,15-16H,2-10,13H2,1H3,(H,19,21)/t16-/m0/s1. The zero-order chi connectivity index (χ0) is 15.4. The highest BCUT2D eigenvalue weighted by molar-refractivity contribution is 7.12. The summed E-state index contributed by atoms with van der Waals surface area (Å²) in [6, 6.07) is 5.25. The number of nitrogens with one attached hydrogen (secondary N) is 1. The number of likely N-dealkylation sites (tertiary alicyclic amines) is 1. The van der Waals surface area contributed by atoms with Gasteiger partial charge in [-0.15, -0.1) is 11.3 Å². The van der Waals surface area contributed by atoms with Crippen molar-refractivity contribution in [1.29, 1.82) is 0 Å². The molecule has 2 heterocycles. The molecule has 1 saturated heterocycles. The fourth-order valence-corrected chi connectivity index (χ4v) is 4.81. The second-order valence-electron chi connectivity index (χ2n) is 6.79. The van der Waals surface area contributed by atoms with E-state index in [2.05, 4.69) is 29.3 Å². The largest absolute Gasteiger partial charge is 0.335 e. The number of urea groups is 1. The number of rotatable bonds is 2. The fraction of sp³-hybridized carbons (Fsp3) is 0.722. The first-order valence-electron chi connectivity index (χ1n) is 8.87. The highest BCUT2D eigenvalue weighted by Crippen LogP contribution is 2.34. The van der Waals surface area contributed by atoms with E-state index in [0.29, 0.717) is 6.04 Å². The zero-order valence-electron chi connectivity index (χ0n) is 13.6. The number of thiophene rings is 1. The molecule has 1 aromatic heterocycles. The number of aryl methyl sites for hydroxylation is 1. The van der Waals surface area contributed by atoms with Crippen LogP contribution < -0.4 is 5.32 Å². The van der Waals surface area contributed by atoms with Crippen LogP contribution in [0.15, 0.2) is 12.1 Å². The monoisotopic (exact) mass is 320 g/mol. The quantitative estimate of drug-likeness (QED) is 0.815. The summed E-state index contributed by atoms with van der Waals surface area (Å²) in [5.74, 6) is 0. The van der Waals surface area contributed by atoms with E-state index in [1.165, 1.54) is 41.9 Å². The molecule has 1 aliphatic heterocycles. The second-order valence-corrected chi connectivity index (χ2v) is 8.11. The number of hydrogen-bond acceptors (Lipinski definition) is 2. The van der Waals surface area contributed by atoms with Gasteiger partial charge < -0.3 is 10.2 Å². The van der Waals surface area contributed by atoms with Crippen LogP contribution in [0.4, 0.5) is 4.79 Å². The van der Waals surface area contributed by atoms with Crippen LogP contribution in [0, 0.1) is 6.92 Å². The molecule has 3 nitrogen and oxygen atoms in total. The Morgan fingerprint density at radius 2 is 1.82 bits per heavy atom. The van der Waals surface area contributed by atoms with Crippen molar-refractivity contribution in [3.8, 4) is 0 Å². The van der Waals surface area contributed by atoms with E-state index in [4.69, 9.17) is 0 Å². The number of carbonyl (C=O) groups excluding carboxylic acids is 1. The number of amides is 2. The second kappa shape index (κ2) is 7.49. The van der Waals surface area contributed by atoms with Gasteiger partial charge in [0.1, 0.15) is 0 Å². The molecule has 1 aromatic rings. The van der Waals surface area contributed by atoms with Crippen molar-refractivity contribution in [2.45, 2.75) is 76.8 Å². The summed E-state index contributed by atoms with van der Waals surface area (Å²) in [4.78, 5) is 17.6. The van der Waals surface area contributed by atoms with Crippen molar-refractivity contribution < 1.29 is 4.79 Å². The predicted octanol–water partition coefficient (Wildman–Crippen LogP) is 5.02. The Labute approximate surface area is 138 Å². The molecule has 122 valence electrons. The molecular formula is C18H28N2OS. The fourth-order valence-electron chi connectivity index (χ4n) is 3.78. The lowest BCUT2D eigenvalue weighted by molar-refractivity contribution is 0.170. The Bertz CT molecular complexity index is 493. The predicted molar refractivity (Wildman–Crippen MR) is 92.4 cm³/mol. The van der Waals surface area contributed by atoms with Gasteiger partial charge in [0.25, 0.3) is 0 Å². The minimum Gasteiger partial charge on any atom is -0.335 e. The summed E-state index contributed by atoms with van der Waals surface area (Å²) in [6.07, 6.45) is 10.9. The molecule has 1 aliphatic carbocycles. The Kier molecular flexibility index (Phi) is 5.40. The van der Waals surface area contributed by atoms with Gasteiger partial charge in [-0.1, -0.05) is 32.1 Å².